The number of rotatable bonds is 3. The van der Waals surface area contributed by atoms with Crippen molar-refractivity contribution >= 4 is 22.8 Å². The number of aryl methyl sites for hydroxylation is 2. The molecule has 0 saturated carbocycles. The minimum atomic E-state index is -0.170. The summed E-state index contributed by atoms with van der Waals surface area (Å²) in [4.78, 5) is 32.0. The lowest BCUT2D eigenvalue weighted by Gasteiger charge is -2.34. The standard InChI is InChI=1S/C20H24N6O2/c1-13-11-17(23-25(13)3)18(27)21-14-7-6-10-26(12-14)20-22-16-9-5-4-8-15(16)19(28)24(20)2/h4-5,8-9,11,14H,6-7,10,12H2,1-3H3,(H,21,27). The van der Waals surface area contributed by atoms with Gasteiger partial charge in [-0.2, -0.15) is 5.10 Å². The Morgan fingerprint density at radius 2 is 2.04 bits per heavy atom. The lowest BCUT2D eigenvalue weighted by Crippen LogP contribution is -2.49. The Morgan fingerprint density at radius 1 is 1.25 bits per heavy atom. The van der Waals surface area contributed by atoms with Crippen LogP contribution in [0.4, 0.5) is 5.95 Å². The van der Waals surface area contributed by atoms with Gasteiger partial charge >= 0.3 is 0 Å². The summed E-state index contributed by atoms with van der Waals surface area (Å²) in [5.41, 5.74) is 1.99. The minimum absolute atomic E-state index is 0.0214. The molecule has 0 radical (unpaired) electrons. The molecule has 1 fully saturated rings. The molecule has 3 aromatic rings. The summed E-state index contributed by atoms with van der Waals surface area (Å²) < 4.78 is 3.28. The van der Waals surface area contributed by atoms with E-state index in [4.69, 9.17) is 4.98 Å². The third-order valence-electron chi connectivity index (χ3n) is 5.35. The van der Waals surface area contributed by atoms with Crippen LogP contribution in [0.15, 0.2) is 35.1 Å². The van der Waals surface area contributed by atoms with E-state index < -0.39 is 0 Å². The average molecular weight is 380 g/mol. The van der Waals surface area contributed by atoms with Crippen molar-refractivity contribution in [3.05, 3.63) is 52.1 Å². The fourth-order valence-corrected chi connectivity index (χ4v) is 3.70. The van der Waals surface area contributed by atoms with Gasteiger partial charge < -0.3 is 10.2 Å². The third-order valence-corrected chi connectivity index (χ3v) is 5.35. The summed E-state index contributed by atoms with van der Waals surface area (Å²) in [6.45, 7) is 3.32. The minimum Gasteiger partial charge on any atom is -0.346 e. The van der Waals surface area contributed by atoms with E-state index in [0.717, 1.165) is 25.1 Å². The molecule has 1 saturated heterocycles. The van der Waals surface area contributed by atoms with Gasteiger partial charge in [-0.05, 0) is 38.0 Å². The number of hydrogen-bond donors (Lipinski definition) is 1. The first-order valence-electron chi connectivity index (χ1n) is 9.46. The van der Waals surface area contributed by atoms with Crippen molar-refractivity contribution in [2.45, 2.75) is 25.8 Å². The van der Waals surface area contributed by atoms with Crippen LogP contribution in [0.25, 0.3) is 10.9 Å². The molecule has 28 heavy (non-hydrogen) atoms. The molecule has 8 heteroatoms. The maximum atomic E-state index is 12.7. The van der Waals surface area contributed by atoms with Crippen LogP contribution in [0.2, 0.25) is 0 Å². The first-order chi connectivity index (χ1) is 13.4. The number of nitrogens with zero attached hydrogens (tertiary/aromatic N) is 5. The van der Waals surface area contributed by atoms with Gasteiger partial charge in [-0.3, -0.25) is 18.8 Å². The van der Waals surface area contributed by atoms with Crippen molar-refractivity contribution < 1.29 is 4.79 Å². The molecule has 146 valence electrons. The molecule has 4 rings (SSSR count). The second-order valence-electron chi connectivity index (χ2n) is 7.35. The van der Waals surface area contributed by atoms with E-state index in [1.54, 1.807) is 28.4 Å². The fourth-order valence-electron chi connectivity index (χ4n) is 3.70. The average Bonchev–Trinajstić information content (AvgIpc) is 3.04. The number of para-hydroxylation sites is 1. The van der Waals surface area contributed by atoms with Crippen LogP contribution < -0.4 is 15.8 Å². The summed E-state index contributed by atoms with van der Waals surface area (Å²) in [7, 11) is 3.57. The summed E-state index contributed by atoms with van der Waals surface area (Å²) in [5.74, 6) is 0.465. The highest BCUT2D eigenvalue weighted by atomic mass is 16.2. The molecule has 1 aromatic carbocycles. The molecule has 0 aliphatic carbocycles. The van der Waals surface area contributed by atoms with Crippen molar-refractivity contribution in [1.82, 2.24) is 24.6 Å². The topological polar surface area (TPSA) is 85.1 Å². The molecule has 0 spiro atoms. The van der Waals surface area contributed by atoms with Crippen molar-refractivity contribution in [1.29, 1.82) is 0 Å². The molecule has 1 aliphatic heterocycles. The fraction of sp³-hybridized carbons (Fsp3) is 0.400. The molecule has 1 atom stereocenters. The molecule has 8 nitrogen and oxygen atoms in total. The van der Waals surface area contributed by atoms with E-state index in [1.807, 2.05) is 32.2 Å². The van der Waals surface area contributed by atoms with Gasteiger partial charge in [0.05, 0.1) is 10.9 Å². The summed E-state index contributed by atoms with van der Waals surface area (Å²) in [5, 5.41) is 7.93. The number of benzene rings is 1. The monoisotopic (exact) mass is 380 g/mol. The highest BCUT2D eigenvalue weighted by molar-refractivity contribution is 5.92. The predicted octanol–water partition coefficient (Wildman–Crippen LogP) is 1.37. The molecule has 3 heterocycles. The molecular weight excluding hydrogens is 356 g/mol. The second kappa shape index (κ2) is 7.10. The number of piperidine rings is 1. The van der Waals surface area contributed by atoms with Gasteiger partial charge in [0, 0.05) is 38.9 Å². The zero-order valence-corrected chi connectivity index (χ0v) is 16.3. The molecule has 0 bridgehead atoms. The van der Waals surface area contributed by atoms with Crippen molar-refractivity contribution in [2.75, 3.05) is 18.0 Å². The first kappa shape index (κ1) is 18.2. The summed E-state index contributed by atoms with van der Waals surface area (Å²) in [6, 6.07) is 9.13. The van der Waals surface area contributed by atoms with Crippen molar-refractivity contribution in [3.63, 3.8) is 0 Å². The smallest absolute Gasteiger partial charge is 0.272 e. The van der Waals surface area contributed by atoms with Gasteiger partial charge in [-0.1, -0.05) is 12.1 Å². The number of anilines is 1. The van der Waals surface area contributed by atoms with Crippen LogP contribution in [0.5, 0.6) is 0 Å². The van der Waals surface area contributed by atoms with Gasteiger partial charge in [0.25, 0.3) is 11.5 Å². The number of hydrogen-bond acceptors (Lipinski definition) is 5. The number of carbonyl (C=O) groups excluding carboxylic acids is 1. The van der Waals surface area contributed by atoms with E-state index in [1.165, 1.54) is 0 Å². The number of nitrogens with one attached hydrogen (secondary N) is 1. The van der Waals surface area contributed by atoms with E-state index in [-0.39, 0.29) is 17.5 Å². The Hall–Kier alpha value is -3.16. The number of fused-ring (bicyclic) bond motifs is 1. The van der Waals surface area contributed by atoms with Gasteiger partial charge in [0.1, 0.15) is 5.69 Å². The maximum Gasteiger partial charge on any atom is 0.272 e. The lowest BCUT2D eigenvalue weighted by atomic mass is 10.1. The predicted molar refractivity (Wildman–Crippen MR) is 108 cm³/mol. The van der Waals surface area contributed by atoms with Gasteiger partial charge in [0.15, 0.2) is 0 Å². The Labute approximate surface area is 162 Å². The molecule has 2 aromatic heterocycles. The van der Waals surface area contributed by atoms with Crippen LogP contribution in [0.1, 0.15) is 29.0 Å². The maximum absolute atomic E-state index is 12.7. The largest absolute Gasteiger partial charge is 0.346 e. The molecule has 1 amide bonds. The highest BCUT2D eigenvalue weighted by Crippen LogP contribution is 2.19. The van der Waals surface area contributed by atoms with Crippen LogP contribution in [-0.2, 0) is 14.1 Å². The van der Waals surface area contributed by atoms with Crippen LogP contribution in [-0.4, -0.2) is 44.4 Å². The number of carbonyl (C=O) groups is 1. The first-order valence-corrected chi connectivity index (χ1v) is 9.46. The number of amides is 1. The van der Waals surface area contributed by atoms with Gasteiger partial charge in [0.2, 0.25) is 5.95 Å². The third kappa shape index (κ3) is 3.26. The van der Waals surface area contributed by atoms with E-state index >= 15 is 0 Å². The zero-order chi connectivity index (χ0) is 19.8. The Bertz CT molecular complexity index is 1080. The number of aromatic nitrogens is 4. The van der Waals surface area contributed by atoms with Gasteiger partial charge in [-0.15, -0.1) is 0 Å². The summed E-state index contributed by atoms with van der Waals surface area (Å²) in [6.07, 6.45) is 1.80. The Balaban J connectivity index is 1.56. The molecule has 1 unspecified atom stereocenters. The van der Waals surface area contributed by atoms with Crippen LogP contribution in [0, 0.1) is 6.92 Å². The lowest BCUT2D eigenvalue weighted by molar-refractivity contribution is 0.0927. The molecular formula is C20H24N6O2. The van der Waals surface area contributed by atoms with Crippen LogP contribution >= 0.6 is 0 Å². The quantitative estimate of drug-likeness (QED) is 0.742. The normalized spacial score (nSPS) is 17.1. The highest BCUT2D eigenvalue weighted by Gasteiger charge is 2.25. The SMILES string of the molecule is Cc1cc(C(=O)NC2CCCN(c3nc4ccccc4c(=O)n3C)C2)nn1C. The summed E-state index contributed by atoms with van der Waals surface area (Å²) >= 11 is 0. The zero-order valence-electron chi connectivity index (χ0n) is 16.3. The molecule has 1 aliphatic rings. The van der Waals surface area contributed by atoms with E-state index in [9.17, 15) is 9.59 Å². The van der Waals surface area contributed by atoms with E-state index in [0.29, 0.717) is 29.1 Å². The van der Waals surface area contributed by atoms with Gasteiger partial charge in [-0.25, -0.2) is 4.98 Å². The van der Waals surface area contributed by atoms with Crippen LogP contribution in [0.3, 0.4) is 0 Å². The Kier molecular flexibility index (Phi) is 4.62. The van der Waals surface area contributed by atoms with Crippen molar-refractivity contribution in [2.24, 2.45) is 14.1 Å². The Morgan fingerprint density at radius 3 is 2.79 bits per heavy atom. The second-order valence-corrected chi connectivity index (χ2v) is 7.35. The van der Waals surface area contributed by atoms with Crippen molar-refractivity contribution in [3.8, 4) is 0 Å². The molecule has 1 N–H and O–H groups in total. The van der Waals surface area contributed by atoms with E-state index in [2.05, 4.69) is 15.3 Å².